The molecule has 1 atom stereocenters. The highest BCUT2D eigenvalue weighted by Crippen LogP contribution is 2.39. The fourth-order valence-electron chi connectivity index (χ4n) is 4.27. The van der Waals surface area contributed by atoms with Gasteiger partial charge in [0.2, 0.25) is 15.9 Å². The molecule has 34 heavy (non-hydrogen) atoms. The van der Waals surface area contributed by atoms with Crippen LogP contribution in [-0.4, -0.2) is 43.2 Å². The first-order valence-electron chi connectivity index (χ1n) is 11.2. The van der Waals surface area contributed by atoms with Crippen molar-refractivity contribution in [1.29, 1.82) is 0 Å². The largest absolute Gasteiger partial charge is 0.330 e. The van der Waals surface area contributed by atoms with E-state index in [0.717, 1.165) is 34.1 Å². The molecule has 0 saturated carbocycles. The van der Waals surface area contributed by atoms with Crippen LogP contribution in [0.3, 0.4) is 0 Å². The quantitative estimate of drug-likeness (QED) is 0.415. The predicted octanol–water partition coefficient (Wildman–Crippen LogP) is 5.02. The highest BCUT2D eigenvalue weighted by molar-refractivity contribution is 7.92. The number of hydrogen-bond acceptors (Lipinski definition) is 4. The lowest BCUT2D eigenvalue weighted by atomic mass is 9.90. The number of hydrogen-bond donors (Lipinski definition) is 0. The second-order valence-corrected chi connectivity index (χ2v) is 11.1. The van der Waals surface area contributed by atoms with Gasteiger partial charge in [0.1, 0.15) is 0 Å². The Morgan fingerprint density at radius 2 is 1.85 bits per heavy atom. The summed E-state index contributed by atoms with van der Waals surface area (Å²) in [6.07, 6.45) is 3.82. The van der Waals surface area contributed by atoms with Gasteiger partial charge in [-0.15, -0.1) is 17.9 Å². The molecule has 1 unspecified atom stereocenters. The summed E-state index contributed by atoms with van der Waals surface area (Å²) in [6.45, 7) is 6.10. The number of sulfonamides is 1. The molecule has 1 amide bonds. The summed E-state index contributed by atoms with van der Waals surface area (Å²) in [7, 11) is -3.82. The summed E-state index contributed by atoms with van der Waals surface area (Å²) < 4.78 is 27.4. The molecule has 5 nitrogen and oxygen atoms in total. The molecule has 0 saturated heterocycles. The lowest BCUT2D eigenvalue weighted by Crippen LogP contribution is -2.46. The van der Waals surface area contributed by atoms with Crippen molar-refractivity contribution in [1.82, 2.24) is 9.21 Å². The highest BCUT2D eigenvalue weighted by Gasteiger charge is 2.35. The van der Waals surface area contributed by atoms with Crippen LogP contribution in [0.25, 0.3) is 6.08 Å². The number of rotatable bonds is 8. The third kappa shape index (κ3) is 5.22. The molecule has 0 fully saturated rings. The first-order valence-corrected chi connectivity index (χ1v) is 13.5. The van der Waals surface area contributed by atoms with Gasteiger partial charge in [0.15, 0.2) is 0 Å². The topological polar surface area (TPSA) is 57.7 Å². The summed E-state index contributed by atoms with van der Waals surface area (Å²) in [6, 6.07) is 19.1. The SMILES string of the molecule is C=CCN(CC(=O)N1CCc2sccc2C1c1ccccc1C)S(=O)(=O)C=Cc1ccccc1. The van der Waals surface area contributed by atoms with Crippen LogP contribution in [0.5, 0.6) is 0 Å². The minimum atomic E-state index is -3.82. The van der Waals surface area contributed by atoms with Crippen molar-refractivity contribution in [3.8, 4) is 0 Å². The molecule has 176 valence electrons. The van der Waals surface area contributed by atoms with Crippen LogP contribution in [-0.2, 0) is 21.2 Å². The van der Waals surface area contributed by atoms with Crippen molar-refractivity contribution in [3.05, 3.63) is 111 Å². The maximum absolute atomic E-state index is 13.6. The van der Waals surface area contributed by atoms with E-state index >= 15 is 0 Å². The Morgan fingerprint density at radius 1 is 1.12 bits per heavy atom. The molecule has 1 aliphatic heterocycles. The Labute approximate surface area is 205 Å². The van der Waals surface area contributed by atoms with Gasteiger partial charge in [-0.25, -0.2) is 8.42 Å². The van der Waals surface area contributed by atoms with Gasteiger partial charge in [-0.2, -0.15) is 4.31 Å². The summed E-state index contributed by atoms with van der Waals surface area (Å²) >= 11 is 1.71. The monoisotopic (exact) mass is 492 g/mol. The van der Waals surface area contributed by atoms with E-state index in [1.165, 1.54) is 15.3 Å². The molecule has 0 bridgehead atoms. The van der Waals surface area contributed by atoms with Gasteiger partial charge in [-0.05, 0) is 53.1 Å². The van der Waals surface area contributed by atoms with Crippen LogP contribution in [0.4, 0.5) is 0 Å². The number of benzene rings is 2. The average molecular weight is 493 g/mol. The van der Waals surface area contributed by atoms with Gasteiger partial charge in [-0.3, -0.25) is 4.79 Å². The normalized spacial score (nSPS) is 16.1. The number of carbonyl (C=O) groups is 1. The van der Waals surface area contributed by atoms with Crippen LogP contribution in [0.15, 0.2) is 84.1 Å². The van der Waals surface area contributed by atoms with E-state index in [-0.39, 0.29) is 25.0 Å². The zero-order chi connectivity index (χ0) is 24.1. The second kappa shape index (κ2) is 10.5. The van der Waals surface area contributed by atoms with E-state index in [0.29, 0.717) is 6.54 Å². The molecular weight excluding hydrogens is 464 g/mol. The van der Waals surface area contributed by atoms with E-state index < -0.39 is 10.0 Å². The Balaban J connectivity index is 1.61. The molecule has 0 radical (unpaired) electrons. The molecular formula is C27H28N2O3S2. The number of amides is 1. The third-order valence-corrected chi connectivity index (χ3v) is 8.48. The fourth-order valence-corrected chi connectivity index (χ4v) is 6.28. The van der Waals surface area contributed by atoms with Gasteiger partial charge < -0.3 is 4.90 Å². The van der Waals surface area contributed by atoms with E-state index in [1.54, 1.807) is 17.4 Å². The standard InChI is InChI=1S/C27H28N2O3S2/c1-3-16-28(34(31,32)19-15-22-10-5-4-6-11-22)20-26(30)29-17-13-25-24(14-18-33-25)27(29)23-12-8-7-9-21(23)2/h3-12,14-15,18-19,27H,1,13,16-17,20H2,2H3. The molecule has 0 aliphatic carbocycles. The van der Waals surface area contributed by atoms with Crippen molar-refractivity contribution in [3.63, 3.8) is 0 Å². The van der Waals surface area contributed by atoms with Gasteiger partial charge in [0.25, 0.3) is 0 Å². The molecule has 3 aromatic rings. The van der Waals surface area contributed by atoms with Gasteiger partial charge in [0, 0.05) is 23.4 Å². The van der Waals surface area contributed by atoms with Gasteiger partial charge in [-0.1, -0.05) is 60.7 Å². The van der Waals surface area contributed by atoms with E-state index in [2.05, 4.69) is 18.0 Å². The predicted molar refractivity (Wildman–Crippen MR) is 139 cm³/mol. The number of aryl methyl sites for hydroxylation is 1. The third-order valence-electron chi connectivity index (χ3n) is 6.01. The van der Waals surface area contributed by atoms with Gasteiger partial charge >= 0.3 is 0 Å². The first-order chi connectivity index (χ1) is 16.4. The van der Waals surface area contributed by atoms with Crippen LogP contribution in [0, 0.1) is 6.92 Å². The molecule has 1 aromatic heterocycles. The van der Waals surface area contributed by atoms with Crippen molar-refractivity contribution in [2.75, 3.05) is 19.6 Å². The number of fused-ring (bicyclic) bond motifs is 1. The Morgan fingerprint density at radius 3 is 2.59 bits per heavy atom. The van der Waals surface area contributed by atoms with E-state index in [1.807, 2.05) is 66.4 Å². The molecule has 4 rings (SSSR count). The molecule has 0 N–H and O–H groups in total. The van der Waals surface area contributed by atoms with Crippen LogP contribution in [0.2, 0.25) is 0 Å². The smallest absolute Gasteiger partial charge is 0.238 e. The second-order valence-electron chi connectivity index (χ2n) is 8.23. The number of carbonyl (C=O) groups excluding carboxylic acids is 1. The van der Waals surface area contributed by atoms with Crippen molar-refractivity contribution in [2.24, 2.45) is 0 Å². The minimum Gasteiger partial charge on any atom is -0.330 e. The zero-order valence-corrected chi connectivity index (χ0v) is 20.8. The van der Waals surface area contributed by atoms with Gasteiger partial charge in [0.05, 0.1) is 12.6 Å². The first kappa shape index (κ1) is 24.1. The maximum Gasteiger partial charge on any atom is 0.238 e. The maximum atomic E-state index is 13.6. The lowest BCUT2D eigenvalue weighted by molar-refractivity contribution is -0.133. The fraction of sp³-hybridized carbons (Fsp3) is 0.222. The zero-order valence-electron chi connectivity index (χ0n) is 19.1. The summed E-state index contributed by atoms with van der Waals surface area (Å²) in [5.41, 5.74) is 4.07. The molecule has 1 aliphatic rings. The Bertz CT molecular complexity index is 1300. The summed E-state index contributed by atoms with van der Waals surface area (Å²) in [5, 5.41) is 3.22. The van der Waals surface area contributed by atoms with E-state index in [4.69, 9.17) is 0 Å². The molecule has 2 heterocycles. The van der Waals surface area contributed by atoms with Crippen molar-refractivity contribution < 1.29 is 13.2 Å². The van der Waals surface area contributed by atoms with Crippen molar-refractivity contribution in [2.45, 2.75) is 19.4 Å². The van der Waals surface area contributed by atoms with Crippen molar-refractivity contribution >= 4 is 33.3 Å². The molecule has 7 heteroatoms. The van der Waals surface area contributed by atoms with Crippen LogP contribution >= 0.6 is 11.3 Å². The number of thiophene rings is 1. The molecule has 0 spiro atoms. The van der Waals surface area contributed by atoms with E-state index in [9.17, 15) is 13.2 Å². The average Bonchev–Trinajstić information content (AvgIpc) is 3.32. The lowest BCUT2D eigenvalue weighted by Gasteiger charge is -2.38. The molecule has 2 aromatic carbocycles. The summed E-state index contributed by atoms with van der Waals surface area (Å²) in [4.78, 5) is 16.7. The Kier molecular flexibility index (Phi) is 7.46. The summed E-state index contributed by atoms with van der Waals surface area (Å²) in [5.74, 6) is -0.219. The van der Waals surface area contributed by atoms with Crippen LogP contribution in [0.1, 0.15) is 33.2 Å². The Hall–Kier alpha value is -3.00. The number of nitrogens with zero attached hydrogens (tertiary/aromatic N) is 2. The van der Waals surface area contributed by atoms with Crippen LogP contribution < -0.4 is 0 Å². The highest BCUT2D eigenvalue weighted by atomic mass is 32.2. The minimum absolute atomic E-state index is 0.0553.